The smallest absolute Gasteiger partial charge is 0.253 e. The largest absolute Gasteiger partial charge is 0.497 e. The van der Waals surface area contributed by atoms with Gasteiger partial charge < -0.3 is 14.4 Å². The first-order valence-electron chi connectivity index (χ1n) is 12.0. The predicted molar refractivity (Wildman–Crippen MR) is 117 cm³/mol. The van der Waals surface area contributed by atoms with Crippen molar-refractivity contribution in [3.05, 3.63) is 29.8 Å². The number of hydrogen-bond donors (Lipinski definition) is 0. The number of rotatable bonds is 6. The molecule has 2 aliphatic heterocycles. The van der Waals surface area contributed by atoms with E-state index in [9.17, 15) is 4.79 Å². The minimum Gasteiger partial charge on any atom is -0.497 e. The van der Waals surface area contributed by atoms with E-state index in [1.807, 2.05) is 29.2 Å². The van der Waals surface area contributed by atoms with Gasteiger partial charge in [-0.15, -0.1) is 0 Å². The first-order valence-corrected chi connectivity index (χ1v) is 12.0. The van der Waals surface area contributed by atoms with Gasteiger partial charge in [-0.1, -0.05) is 19.3 Å². The maximum Gasteiger partial charge on any atom is 0.253 e. The summed E-state index contributed by atoms with van der Waals surface area (Å²) in [5.41, 5.74) is 1.05. The third kappa shape index (κ3) is 3.87. The number of nitrogens with zero attached hydrogens (tertiary/aromatic N) is 2. The molecule has 1 spiro atoms. The number of piperidine rings is 1. The molecule has 164 valence electrons. The number of amides is 1. The van der Waals surface area contributed by atoms with Crippen molar-refractivity contribution >= 4 is 5.91 Å². The van der Waals surface area contributed by atoms with Crippen molar-refractivity contribution in [2.75, 3.05) is 33.4 Å². The highest BCUT2D eigenvalue weighted by molar-refractivity contribution is 5.94. The summed E-state index contributed by atoms with van der Waals surface area (Å²) in [6, 6.07) is 8.09. The summed E-state index contributed by atoms with van der Waals surface area (Å²) >= 11 is 0. The molecule has 0 aromatic heterocycles. The fourth-order valence-electron chi connectivity index (χ4n) is 5.93. The Bertz CT molecular complexity index is 731. The van der Waals surface area contributed by atoms with Gasteiger partial charge in [0.2, 0.25) is 0 Å². The van der Waals surface area contributed by atoms with Crippen LogP contribution in [-0.4, -0.2) is 66.7 Å². The lowest BCUT2D eigenvalue weighted by atomic mass is 9.69. The van der Waals surface area contributed by atoms with Crippen LogP contribution in [0.15, 0.2) is 24.3 Å². The summed E-state index contributed by atoms with van der Waals surface area (Å²) in [7, 11) is 1.65. The van der Waals surface area contributed by atoms with Crippen LogP contribution in [0.3, 0.4) is 0 Å². The zero-order valence-corrected chi connectivity index (χ0v) is 18.4. The van der Waals surface area contributed by atoms with Crippen LogP contribution in [0.4, 0.5) is 0 Å². The highest BCUT2D eigenvalue weighted by atomic mass is 16.5. The van der Waals surface area contributed by atoms with E-state index in [1.165, 1.54) is 44.9 Å². The van der Waals surface area contributed by atoms with Gasteiger partial charge in [-0.05, 0) is 68.7 Å². The van der Waals surface area contributed by atoms with Gasteiger partial charge in [-0.3, -0.25) is 9.69 Å². The van der Waals surface area contributed by atoms with E-state index < -0.39 is 0 Å². The third-order valence-electron chi connectivity index (χ3n) is 8.01. The number of carbonyl (C=O) groups excluding carboxylic acids is 1. The first kappa shape index (κ1) is 20.3. The molecule has 5 heteroatoms. The minimum absolute atomic E-state index is 0.151. The maximum atomic E-state index is 12.9. The van der Waals surface area contributed by atoms with E-state index in [4.69, 9.17) is 9.47 Å². The molecule has 4 aliphatic rings. The summed E-state index contributed by atoms with van der Waals surface area (Å²) in [4.78, 5) is 17.7. The zero-order valence-electron chi connectivity index (χ0n) is 18.4. The predicted octanol–water partition coefficient (Wildman–Crippen LogP) is 4.11. The number of ether oxygens (including phenoxy) is 2. The summed E-state index contributed by atoms with van der Waals surface area (Å²) in [5, 5.41) is 0. The van der Waals surface area contributed by atoms with Crippen LogP contribution in [0.5, 0.6) is 5.75 Å². The van der Waals surface area contributed by atoms with Gasteiger partial charge in [0.1, 0.15) is 5.75 Å². The molecule has 5 nitrogen and oxygen atoms in total. The number of carbonyl (C=O) groups is 1. The van der Waals surface area contributed by atoms with E-state index in [0.29, 0.717) is 17.7 Å². The molecule has 5 rings (SSSR count). The second kappa shape index (κ2) is 8.51. The number of hydrogen-bond acceptors (Lipinski definition) is 4. The molecular weight excluding hydrogens is 376 g/mol. The van der Waals surface area contributed by atoms with Crippen LogP contribution < -0.4 is 4.74 Å². The topological polar surface area (TPSA) is 42.0 Å². The van der Waals surface area contributed by atoms with Crippen LogP contribution in [0.2, 0.25) is 0 Å². The molecule has 2 aliphatic carbocycles. The lowest BCUT2D eigenvalue weighted by Gasteiger charge is -2.63. The summed E-state index contributed by atoms with van der Waals surface area (Å²) in [6.45, 7) is 3.80. The molecule has 1 aromatic carbocycles. The second-order valence-electron chi connectivity index (χ2n) is 9.83. The Balaban J connectivity index is 1.18. The molecule has 2 saturated carbocycles. The Kier molecular flexibility index (Phi) is 5.76. The Morgan fingerprint density at radius 3 is 2.37 bits per heavy atom. The molecule has 1 aromatic rings. The molecule has 4 fully saturated rings. The van der Waals surface area contributed by atoms with Crippen LogP contribution >= 0.6 is 0 Å². The van der Waals surface area contributed by atoms with Crippen molar-refractivity contribution in [2.24, 2.45) is 5.92 Å². The monoisotopic (exact) mass is 412 g/mol. The van der Waals surface area contributed by atoms with E-state index >= 15 is 0 Å². The fraction of sp³-hybridized carbons (Fsp3) is 0.720. The highest BCUT2D eigenvalue weighted by Crippen LogP contribution is 2.48. The van der Waals surface area contributed by atoms with E-state index in [-0.39, 0.29) is 5.91 Å². The fourth-order valence-corrected chi connectivity index (χ4v) is 5.93. The molecule has 1 amide bonds. The van der Waals surface area contributed by atoms with Gasteiger partial charge in [0.15, 0.2) is 0 Å². The van der Waals surface area contributed by atoms with Gasteiger partial charge >= 0.3 is 0 Å². The normalized spacial score (nSPS) is 27.1. The third-order valence-corrected chi connectivity index (χ3v) is 8.01. The molecule has 0 radical (unpaired) electrons. The summed E-state index contributed by atoms with van der Waals surface area (Å²) in [6.07, 6.45) is 12.0. The number of methoxy groups -OCH3 is 1. The van der Waals surface area contributed by atoms with Crippen LogP contribution in [-0.2, 0) is 4.74 Å². The van der Waals surface area contributed by atoms with Gasteiger partial charge in [0, 0.05) is 43.4 Å². The molecule has 30 heavy (non-hydrogen) atoms. The molecule has 0 N–H and O–H groups in total. The lowest BCUT2D eigenvalue weighted by molar-refractivity contribution is -0.202. The average molecular weight is 413 g/mol. The molecule has 0 bridgehead atoms. The van der Waals surface area contributed by atoms with Crippen molar-refractivity contribution in [3.8, 4) is 5.75 Å². The Labute approximate surface area is 180 Å². The average Bonchev–Trinajstić information content (AvgIpc) is 3.63. The van der Waals surface area contributed by atoms with Crippen LogP contribution in [0, 0.1) is 5.92 Å². The van der Waals surface area contributed by atoms with Gasteiger partial charge in [-0.25, -0.2) is 0 Å². The Morgan fingerprint density at radius 1 is 1.03 bits per heavy atom. The van der Waals surface area contributed by atoms with Crippen molar-refractivity contribution in [2.45, 2.75) is 75.5 Å². The van der Waals surface area contributed by atoms with Crippen LogP contribution in [0.1, 0.15) is 68.1 Å². The SMILES string of the molecule is COc1ccc(C(=O)N2CCC(N3CC(OCC4CC4)C34CCCCC4)CC2)cc1. The second-order valence-corrected chi connectivity index (χ2v) is 9.83. The molecule has 1 atom stereocenters. The van der Waals surface area contributed by atoms with E-state index in [1.54, 1.807) is 7.11 Å². The van der Waals surface area contributed by atoms with Gasteiger partial charge in [0.05, 0.1) is 13.2 Å². The summed E-state index contributed by atoms with van der Waals surface area (Å²) in [5.74, 6) is 1.78. The van der Waals surface area contributed by atoms with Gasteiger partial charge in [-0.2, -0.15) is 0 Å². The maximum absolute atomic E-state index is 12.9. The number of likely N-dealkylation sites (tertiary alicyclic amines) is 2. The van der Waals surface area contributed by atoms with E-state index in [0.717, 1.165) is 56.3 Å². The zero-order chi connectivity index (χ0) is 20.6. The first-order chi connectivity index (χ1) is 14.7. The molecular formula is C25H36N2O3. The van der Waals surface area contributed by atoms with Crippen molar-refractivity contribution < 1.29 is 14.3 Å². The summed E-state index contributed by atoms with van der Waals surface area (Å²) < 4.78 is 11.6. The minimum atomic E-state index is 0.151. The van der Waals surface area contributed by atoms with Crippen molar-refractivity contribution in [1.82, 2.24) is 9.80 Å². The van der Waals surface area contributed by atoms with E-state index in [2.05, 4.69) is 4.90 Å². The lowest BCUT2D eigenvalue weighted by Crippen LogP contribution is -2.75. The molecule has 2 heterocycles. The Morgan fingerprint density at radius 2 is 1.73 bits per heavy atom. The Hall–Kier alpha value is -1.59. The molecule has 1 unspecified atom stereocenters. The quantitative estimate of drug-likeness (QED) is 0.705. The molecule has 2 saturated heterocycles. The van der Waals surface area contributed by atoms with Gasteiger partial charge in [0.25, 0.3) is 5.91 Å². The number of benzene rings is 1. The van der Waals surface area contributed by atoms with Crippen LogP contribution in [0.25, 0.3) is 0 Å². The highest BCUT2D eigenvalue weighted by Gasteiger charge is 2.56. The van der Waals surface area contributed by atoms with Crippen molar-refractivity contribution in [1.29, 1.82) is 0 Å². The van der Waals surface area contributed by atoms with Crippen molar-refractivity contribution in [3.63, 3.8) is 0 Å². The standard InChI is InChI=1S/C25H36N2O3/c1-29-22-9-7-20(8-10-22)24(28)26-15-11-21(12-16-26)27-17-23(30-18-19-5-6-19)25(27)13-3-2-4-14-25/h7-10,19,21,23H,2-6,11-18H2,1H3.